The standard InChI is InChI=1S/C18H28N4OS/c1-5-22-12-14(9-21-22)16-13(6-7-23-16)8-19-10-15-11-20-17(24-15)18(2,3)4/h9,11-13,16,19H,5-8,10H2,1-4H3/t13-,16-/m0/s1. The van der Waals surface area contributed by atoms with E-state index in [-0.39, 0.29) is 11.5 Å². The summed E-state index contributed by atoms with van der Waals surface area (Å²) in [6.45, 7) is 12.3. The number of aryl methyl sites for hydroxylation is 1. The second kappa shape index (κ2) is 7.33. The van der Waals surface area contributed by atoms with Crippen molar-refractivity contribution in [2.75, 3.05) is 13.2 Å². The van der Waals surface area contributed by atoms with Gasteiger partial charge in [0.1, 0.15) is 0 Å². The van der Waals surface area contributed by atoms with Crippen molar-refractivity contribution in [3.63, 3.8) is 0 Å². The third kappa shape index (κ3) is 4.05. The number of hydrogen-bond acceptors (Lipinski definition) is 5. The molecule has 0 amide bonds. The summed E-state index contributed by atoms with van der Waals surface area (Å²) in [4.78, 5) is 5.86. The number of nitrogens with zero attached hydrogens (tertiary/aromatic N) is 3. The van der Waals surface area contributed by atoms with Gasteiger partial charge in [0.2, 0.25) is 0 Å². The quantitative estimate of drug-likeness (QED) is 0.868. The molecule has 3 rings (SSSR count). The fourth-order valence-electron chi connectivity index (χ4n) is 3.03. The van der Waals surface area contributed by atoms with Crippen LogP contribution in [0.3, 0.4) is 0 Å². The van der Waals surface area contributed by atoms with Crippen molar-refractivity contribution >= 4 is 11.3 Å². The molecule has 5 nitrogen and oxygen atoms in total. The van der Waals surface area contributed by atoms with Crippen molar-refractivity contribution in [1.29, 1.82) is 0 Å². The van der Waals surface area contributed by atoms with Crippen molar-refractivity contribution in [3.8, 4) is 0 Å². The van der Waals surface area contributed by atoms with Crippen molar-refractivity contribution in [2.45, 2.75) is 58.7 Å². The normalized spacial score (nSPS) is 21.5. The lowest BCUT2D eigenvalue weighted by Gasteiger charge is -2.17. The SMILES string of the molecule is CCn1cc([C@H]2OCC[C@H]2CNCc2cnc(C(C)(C)C)s2)cn1. The molecule has 0 saturated carbocycles. The van der Waals surface area contributed by atoms with Crippen molar-refractivity contribution < 1.29 is 4.74 Å². The van der Waals surface area contributed by atoms with E-state index in [1.807, 2.05) is 28.4 Å². The Kier molecular flexibility index (Phi) is 5.37. The first-order chi connectivity index (χ1) is 11.5. The van der Waals surface area contributed by atoms with E-state index in [0.717, 1.165) is 32.7 Å². The van der Waals surface area contributed by atoms with Crippen molar-refractivity contribution in [3.05, 3.63) is 34.0 Å². The molecule has 0 radical (unpaired) electrons. The summed E-state index contributed by atoms with van der Waals surface area (Å²) in [5.74, 6) is 0.509. The largest absolute Gasteiger partial charge is 0.373 e. The van der Waals surface area contributed by atoms with Gasteiger partial charge in [-0.25, -0.2) is 4.98 Å². The van der Waals surface area contributed by atoms with Crippen LogP contribution < -0.4 is 5.32 Å². The molecule has 1 saturated heterocycles. The van der Waals surface area contributed by atoms with E-state index in [9.17, 15) is 0 Å². The Bertz CT molecular complexity index is 658. The van der Waals surface area contributed by atoms with Gasteiger partial charge in [0.15, 0.2) is 0 Å². The molecule has 1 N–H and O–H groups in total. The molecule has 6 heteroatoms. The minimum Gasteiger partial charge on any atom is -0.373 e. The lowest BCUT2D eigenvalue weighted by Crippen LogP contribution is -2.24. The Balaban J connectivity index is 1.53. The van der Waals surface area contributed by atoms with Crippen LogP contribution in [0.2, 0.25) is 0 Å². The summed E-state index contributed by atoms with van der Waals surface area (Å²) in [6, 6.07) is 0. The van der Waals surface area contributed by atoms with E-state index in [2.05, 4.69) is 49.3 Å². The smallest absolute Gasteiger partial charge is 0.0981 e. The number of nitrogens with one attached hydrogen (secondary N) is 1. The molecule has 1 aliphatic rings. The number of ether oxygens (including phenoxy) is 1. The molecule has 2 aromatic rings. The van der Waals surface area contributed by atoms with Crippen LogP contribution in [0.15, 0.2) is 18.6 Å². The minimum absolute atomic E-state index is 0.132. The minimum atomic E-state index is 0.132. The first kappa shape index (κ1) is 17.6. The molecule has 0 bridgehead atoms. The van der Waals surface area contributed by atoms with E-state index >= 15 is 0 Å². The molecule has 3 heterocycles. The maximum atomic E-state index is 5.96. The maximum absolute atomic E-state index is 5.96. The van der Waals surface area contributed by atoms with Crippen LogP contribution in [0.4, 0.5) is 0 Å². The predicted octanol–water partition coefficient (Wildman–Crippen LogP) is 3.52. The van der Waals surface area contributed by atoms with Crippen LogP contribution in [0.1, 0.15) is 55.7 Å². The lowest BCUT2D eigenvalue weighted by molar-refractivity contribution is 0.0904. The van der Waals surface area contributed by atoms with E-state index < -0.39 is 0 Å². The number of aromatic nitrogens is 3. The monoisotopic (exact) mass is 348 g/mol. The Labute approximate surface area is 148 Å². The zero-order valence-electron chi connectivity index (χ0n) is 15.1. The molecule has 0 aliphatic carbocycles. The molecular weight excluding hydrogens is 320 g/mol. The van der Waals surface area contributed by atoms with Gasteiger partial charge in [-0.05, 0) is 13.3 Å². The van der Waals surface area contributed by atoms with Gasteiger partial charge in [0, 0.05) is 60.4 Å². The molecule has 1 aliphatic heterocycles. The topological polar surface area (TPSA) is 52.0 Å². The van der Waals surface area contributed by atoms with Gasteiger partial charge in [-0.15, -0.1) is 11.3 Å². The van der Waals surface area contributed by atoms with Gasteiger partial charge in [-0.2, -0.15) is 5.10 Å². The molecular formula is C18H28N4OS. The van der Waals surface area contributed by atoms with Gasteiger partial charge < -0.3 is 10.1 Å². The third-order valence-corrected chi connectivity index (χ3v) is 5.84. The van der Waals surface area contributed by atoms with Crippen LogP contribution >= 0.6 is 11.3 Å². The average Bonchev–Trinajstić information content (AvgIpc) is 3.26. The third-order valence-electron chi connectivity index (χ3n) is 4.42. The van der Waals surface area contributed by atoms with Gasteiger partial charge in [-0.1, -0.05) is 20.8 Å². The average molecular weight is 349 g/mol. The first-order valence-electron chi connectivity index (χ1n) is 8.77. The van der Waals surface area contributed by atoms with E-state index in [1.54, 1.807) is 0 Å². The molecule has 24 heavy (non-hydrogen) atoms. The highest BCUT2D eigenvalue weighted by Crippen LogP contribution is 2.34. The Morgan fingerprint density at radius 2 is 2.21 bits per heavy atom. The summed E-state index contributed by atoms with van der Waals surface area (Å²) in [5.41, 5.74) is 1.33. The van der Waals surface area contributed by atoms with Crippen LogP contribution in [-0.4, -0.2) is 27.9 Å². The van der Waals surface area contributed by atoms with Gasteiger partial charge in [0.25, 0.3) is 0 Å². The second-order valence-corrected chi connectivity index (χ2v) is 8.60. The van der Waals surface area contributed by atoms with Crippen LogP contribution in [0.25, 0.3) is 0 Å². The highest BCUT2D eigenvalue weighted by molar-refractivity contribution is 7.11. The molecule has 132 valence electrons. The van der Waals surface area contributed by atoms with Crippen LogP contribution in [0.5, 0.6) is 0 Å². The first-order valence-corrected chi connectivity index (χ1v) is 9.59. The molecule has 0 unspecified atom stereocenters. The molecule has 2 atom stereocenters. The van der Waals surface area contributed by atoms with Crippen molar-refractivity contribution in [2.24, 2.45) is 5.92 Å². The zero-order valence-corrected chi connectivity index (χ0v) is 15.9. The molecule has 1 fully saturated rings. The Hall–Kier alpha value is -1.24. The lowest BCUT2D eigenvalue weighted by atomic mass is 9.97. The summed E-state index contributed by atoms with van der Waals surface area (Å²) in [5, 5.41) is 9.17. The van der Waals surface area contributed by atoms with Gasteiger partial charge in [-0.3, -0.25) is 4.68 Å². The summed E-state index contributed by atoms with van der Waals surface area (Å²) >= 11 is 1.81. The maximum Gasteiger partial charge on any atom is 0.0981 e. The van der Waals surface area contributed by atoms with Crippen LogP contribution in [0, 0.1) is 5.92 Å². The molecule has 2 aromatic heterocycles. The zero-order chi connectivity index (χ0) is 17.2. The predicted molar refractivity (Wildman–Crippen MR) is 97.2 cm³/mol. The van der Waals surface area contributed by atoms with E-state index in [4.69, 9.17) is 4.74 Å². The molecule has 0 spiro atoms. The van der Waals surface area contributed by atoms with Crippen molar-refractivity contribution in [1.82, 2.24) is 20.1 Å². The Morgan fingerprint density at radius 3 is 2.88 bits per heavy atom. The van der Waals surface area contributed by atoms with E-state index in [0.29, 0.717) is 5.92 Å². The number of thiazole rings is 1. The Morgan fingerprint density at radius 1 is 1.38 bits per heavy atom. The fourth-order valence-corrected chi connectivity index (χ4v) is 3.97. The van der Waals surface area contributed by atoms with Gasteiger partial charge >= 0.3 is 0 Å². The fraction of sp³-hybridized carbons (Fsp3) is 0.667. The van der Waals surface area contributed by atoms with Gasteiger partial charge in [0.05, 0.1) is 17.3 Å². The highest BCUT2D eigenvalue weighted by Gasteiger charge is 2.30. The molecule has 0 aromatic carbocycles. The second-order valence-electron chi connectivity index (χ2n) is 7.48. The van der Waals surface area contributed by atoms with E-state index in [1.165, 1.54) is 15.4 Å². The highest BCUT2D eigenvalue weighted by atomic mass is 32.1. The number of hydrogen-bond donors (Lipinski definition) is 1. The summed E-state index contributed by atoms with van der Waals surface area (Å²) < 4.78 is 7.92. The number of rotatable bonds is 6. The summed E-state index contributed by atoms with van der Waals surface area (Å²) in [6.07, 6.45) is 7.34. The van der Waals surface area contributed by atoms with Crippen LogP contribution in [-0.2, 0) is 23.2 Å². The summed E-state index contributed by atoms with van der Waals surface area (Å²) in [7, 11) is 0.